The summed E-state index contributed by atoms with van der Waals surface area (Å²) in [6.07, 6.45) is 6.00. The van der Waals surface area contributed by atoms with Gasteiger partial charge in [0.2, 0.25) is 0 Å². The summed E-state index contributed by atoms with van der Waals surface area (Å²) >= 11 is 3.44. The monoisotopic (exact) mass is 353 g/mol. The number of carbonyl (C=O) groups is 2. The van der Waals surface area contributed by atoms with Crippen LogP contribution in [0.15, 0.2) is 28.6 Å². The molecular formula is C15H20BrN3O2. The van der Waals surface area contributed by atoms with Gasteiger partial charge in [0.25, 0.3) is 0 Å². The zero-order valence-electron chi connectivity index (χ0n) is 12.3. The van der Waals surface area contributed by atoms with Gasteiger partial charge in [-0.05, 0) is 35.6 Å². The van der Waals surface area contributed by atoms with E-state index >= 15 is 0 Å². The number of rotatable bonds is 5. The summed E-state index contributed by atoms with van der Waals surface area (Å²) in [6, 6.07) is 0. The number of aromatic amines is 1. The van der Waals surface area contributed by atoms with Crippen LogP contribution in [0.25, 0.3) is 0 Å². The molecule has 5 nitrogen and oxygen atoms in total. The maximum atomic E-state index is 12.2. The van der Waals surface area contributed by atoms with Crippen molar-refractivity contribution < 1.29 is 9.59 Å². The van der Waals surface area contributed by atoms with Crippen LogP contribution in [0.3, 0.4) is 0 Å². The minimum atomic E-state index is -0.0818. The Bertz CT molecular complexity index is 543. The first-order valence-electron chi connectivity index (χ1n) is 6.96. The van der Waals surface area contributed by atoms with Crippen molar-refractivity contribution in [2.24, 2.45) is 0 Å². The van der Waals surface area contributed by atoms with E-state index in [0.717, 1.165) is 16.6 Å². The second-order valence-electron chi connectivity index (χ2n) is 5.53. The number of ketones is 2. The Morgan fingerprint density at radius 1 is 1.33 bits per heavy atom. The molecule has 0 unspecified atom stereocenters. The van der Waals surface area contributed by atoms with E-state index in [1.54, 1.807) is 6.20 Å². The summed E-state index contributed by atoms with van der Waals surface area (Å²) < 4.78 is 0.921. The minimum absolute atomic E-state index is 0.0375. The van der Waals surface area contributed by atoms with Crippen molar-refractivity contribution in [1.82, 2.24) is 15.2 Å². The van der Waals surface area contributed by atoms with Gasteiger partial charge in [0, 0.05) is 54.9 Å². The number of hydrogen-bond donors (Lipinski definition) is 2. The Labute approximate surface area is 132 Å². The summed E-state index contributed by atoms with van der Waals surface area (Å²) in [5.41, 5.74) is 1.30. The normalized spacial score (nSPS) is 19.2. The largest absolute Gasteiger partial charge is 0.389 e. The van der Waals surface area contributed by atoms with Crippen molar-refractivity contribution in [3.63, 3.8) is 0 Å². The second kappa shape index (κ2) is 7.04. The number of halogens is 1. The van der Waals surface area contributed by atoms with E-state index < -0.39 is 0 Å². The highest BCUT2D eigenvalue weighted by Crippen LogP contribution is 2.35. The summed E-state index contributed by atoms with van der Waals surface area (Å²) in [5.74, 6) is -0.201. The second-order valence-corrected chi connectivity index (χ2v) is 6.38. The van der Waals surface area contributed by atoms with Crippen molar-refractivity contribution in [3.05, 3.63) is 34.2 Å². The fourth-order valence-corrected chi connectivity index (χ4v) is 2.98. The number of hydrogen-bond acceptors (Lipinski definition) is 4. The van der Waals surface area contributed by atoms with Crippen LogP contribution >= 0.6 is 15.9 Å². The predicted molar refractivity (Wildman–Crippen MR) is 85.1 cm³/mol. The van der Waals surface area contributed by atoms with Gasteiger partial charge in [-0.3, -0.25) is 9.59 Å². The maximum Gasteiger partial charge on any atom is 0.168 e. The highest BCUT2D eigenvalue weighted by atomic mass is 79.9. The molecule has 0 aliphatic heterocycles. The van der Waals surface area contributed by atoms with Gasteiger partial charge < -0.3 is 15.2 Å². The molecule has 2 rings (SSSR count). The van der Waals surface area contributed by atoms with E-state index in [9.17, 15) is 9.59 Å². The molecule has 0 radical (unpaired) electrons. The lowest BCUT2D eigenvalue weighted by Gasteiger charge is -2.22. The van der Waals surface area contributed by atoms with Gasteiger partial charge in [-0.2, -0.15) is 0 Å². The molecule has 1 aromatic heterocycles. The Hall–Kier alpha value is -1.40. The van der Waals surface area contributed by atoms with Gasteiger partial charge >= 0.3 is 0 Å². The molecule has 0 amide bonds. The fourth-order valence-electron chi connectivity index (χ4n) is 2.41. The van der Waals surface area contributed by atoms with Crippen LogP contribution in [-0.2, 0) is 9.59 Å². The van der Waals surface area contributed by atoms with Gasteiger partial charge in [-0.15, -0.1) is 0 Å². The average molecular weight is 354 g/mol. The number of H-pyrrole nitrogens is 1. The first-order valence-corrected chi connectivity index (χ1v) is 7.75. The molecular weight excluding hydrogens is 334 g/mol. The zero-order chi connectivity index (χ0) is 15.4. The topological polar surface area (TPSA) is 65.2 Å². The van der Waals surface area contributed by atoms with Gasteiger partial charge in [-0.25, -0.2) is 0 Å². The van der Waals surface area contributed by atoms with E-state index in [1.165, 1.54) is 0 Å². The van der Waals surface area contributed by atoms with Gasteiger partial charge in [0.05, 0.1) is 5.57 Å². The molecule has 1 fully saturated rings. The zero-order valence-corrected chi connectivity index (χ0v) is 13.9. The Balaban J connectivity index is 2.00. The van der Waals surface area contributed by atoms with Crippen molar-refractivity contribution in [2.45, 2.75) is 18.8 Å². The Kier molecular flexibility index (Phi) is 5.36. The van der Waals surface area contributed by atoms with E-state index in [-0.39, 0.29) is 17.5 Å². The molecule has 1 heterocycles. The lowest BCUT2D eigenvalue weighted by atomic mass is 9.81. The van der Waals surface area contributed by atoms with Gasteiger partial charge in [-0.1, -0.05) is 0 Å². The van der Waals surface area contributed by atoms with E-state index in [0.29, 0.717) is 25.0 Å². The lowest BCUT2D eigenvalue weighted by Crippen LogP contribution is -2.28. The smallest absolute Gasteiger partial charge is 0.168 e. The molecule has 0 saturated heterocycles. The lowest BCUT2D eigenvalue weighted by molar-refractivity contribution is -0.124. The number of likely N-dealkylation sites (N-methyl/N-ethyl adjacent to an activating group) is 1. The number of Topliss-reactive ketones (excluding diaryl/α,β-unsaturated/α-hetero) is 2. The first kappa shape index (κ1) is 16.0. The molecule has 6 heteroatoms. The van der Waals surface area contributed by atoms with Crippen LogP contribution in [0.2, 0.25) is 0 Å². The first-order chi connectivity index (χ1) is 9.99. The van der Waals surface area contributed by atoms with Crippen LogP contribution in [0.5, 0.6) is 0 Å². The van der Waals surface area contributed by atoms with Crippen molar-refractivity contribution in [1.29, 1.82) is 0 Å². The standard InChI is InChI=1S/C15H20BrN3O2/c1-19(2)4-3-17-8-12-14(20)5-10(6-15(12)21)11-7-18-9-13(11)16/h7-10,17-18H,3-6H2,1-2H3. The molecule has 1 aliphatic carbocycles. The van der Waals surface area contributed by atoms with Gasteiger partial charge in [0.1, 0.15) is 0 Å². The summed E-state index contributed by atoms with van der Waals surface area (Å²) in [4.78, 5) is 29.4. The molecule has 21 heavy (non-hydrogen) atoms. The highest BCUT2D eigenvalue weighted by molar-refractivity contribution is 9.10. The quantitative estimate of drug-likeness (QED) is 0.481. The van der Waals surface area contributed by atoms with Crippen LogP contribution in [0.1, 0.15) is 24.3 Å². The molecule has 1 aromatic rings. The van der Waals surface area contributed by atoms with Crippen LogP contribution < -0.4 is 5.32 Å². The molecule has 0 spiro atoms. The Morgan fingerprint density at radius 2 is 2.00 bits per heavy atom. The van der Waals surface area contributed by atoms with Crippen LogP contribution in [0.4, 0.5) is 0 Å². The van der Waals surface area contributed by atoms with Gasteiger partial charge in [0.15, 0.2) is 11.6 Å². The number of aromatic nitrogens is 1. The number of nitrogens with zero attached hydrogens (tertiary/aromatic N) is 1. The third kappa shape index (κ3) is 4.04. The maximum absolute atomic E-state index is 12.2. The number of carbonyl (C=O) groups excluding carboxylic acids is 2. The van der Waals surface area contributed by atoms with E-state index in [4.69, 9.17) is 0 Å². The Morgan fingerprint density at radius 3 is 2.52 bits per heavy atom. The van der Waals surface area contributed by atoms with E-state index in [1.807, 2.05) is 31.4 Å². The SMILES string of the molecule is CN(C)CCNC=C1C(=O)CC(c2c[nH]cc2Br)CC1=O. The van der Waals surface area contributed by atoms with E-state index in [2.05, 4.69) is 26.2 Å². The van der Waals surface area contributed by atoms with Crippen LogP contribution in [-0.4, -0.2) is 48.6 Å². The average Bonchev–Trinajstić information content (AvgIpc) is 2.82. The summed E-state index contributed by atoms with van der Waals surface area (Å²) in [6.45, 7) is 1.56. The van der Waals surface area contributed by atoms with Crippen molar-refractivity contribution >= 4 is 27.5 Å². The van der Waals surface area contributed by atoms with Crippen molar-refractivity contribution in [2.75, 3.05) is 27.2 Å². The third-order valence-corrected chi connectivity index (χ3v) is 4.27. The summed E-state index contributed by atoms with van der Waals surface area (Å²) in [7, 11) is 3.95. The van der Waals surface area contributed by atoms with Crippen molar-refractivity contribution in [3.8, 4) is 0 Å². The molecule has 0 atom stereocenters. The molecule has 1 saturated carbocycles. The third-order valence-electron chi connectivity index (χ3n) is 3.58. The molecule has 0 bridgehead atoms. The number of allylic oxidation sites excluding steroid dienone is 1. The predicted octanol–water partition coefficient (Wildman–Crippen LogP) is 1.83. The highest BCUT2D eigenvalue weighted by Gasteiger charge is 2.32. The molecule has 114 valence electrons. The molecule has 0 aromatic carbocycles. The minimum Gasteiger partial charge on any atom is -0.389 e. The molecule has 2 N–H and O–H groups in total. The number of nitrogens with one attached hydrogen (secondary N) is 2. The van der Waals surface area contributed by atoms with Crippen LogP contribution in [0, 0.1) is 0 Å². The fraction of sp³-hybridized carbons (Fsp3) is 0.467. The summed E-state index contributed by atoms with van der Waals surface area (Å²) in [5, 5.41) is 3.05. The molecule has 1 aliphatic rings.